The van der Waals surface area contributed by atoms with E-state index in [0.29, 0.717) is 20.7 Å². The average Bonchev–Trinajstić information content (AvgIpc) is 2.68. The number of hydrogen-bond donors (Lipinski definition) is 0. The lowest BCUT2D eigenvalue weighted by Crippen LogP contribution is -2.08. The summed E-state index contributed by atoms with van der Waals surface area (Å²) in [5.41, 5.74) is 0. The molecule has 0 aromatic carbocycles. The molecule has 27 heavy (non-hydrogen) atoms. The molecular formula is C22H49O2P3. The Morgan fingerprint density at radius 2 is 0.963 bits per heavy atom. The molecule has 5 unspecified atom stereocenters. The molecule has 0 amide bonds. The van der Waals surface area contributed by atoms with Crippen LogP contribution < -0.4 is 0 Å². The third kappa shape index (κ3) is 20.3. The maximum absolute atomic E-state index is 5.90. The summed E-state index contributed by atoms with van der Waals surface area (Å²) in [7, 11) is 5.78. The summed E-state index contributed by atoms with van der Waals surface area (Å²) >= 11 is 0. The van der Waals surface area contributed by atoms with E-state index in [1.807, 2.05) is 0 Å². The second-order valence-corrected chi connectivity index (χ2v) is 9.46. The predicted molar refractivity (Wildman–Crippen MR) is 132 cm³/mol. The minimum atomic E-state index is 0.453. The molecule has 0 saturated carbocycles. The molecule has 0 aromatic rings. The molecule has 5 heteroatoms. The minimum absolute atomic E-state index is 0.453. The lowest BCUT2D eigenvalue weighted by molar-refractivity contribution is 0.197. The van der Waals surface area contributed by atoms with E-state index >= 15 is 0 Å². The second-order valence-electron chi connectivity index (χ2n) is 8.01. The van der Waals surface area contributed by atoms with E-state index in [1.54, 1.807) is 0 Å². The number of rotatable bonds is 22. The van der Waals surface area contributed by atoms with Crippen molar-refractivity contribution in [2.45, 2.75) is 142 Å². The van der Waals surface area contributed by atoms with Crippen LogP contribution in [0, 0.1) is 0 Å². The quantitative estimate of drug-likeness (QED) is 0.124. The van der Waals surface area contributed by atoms with Gasteiger partial charge in [0.15, 0.2) is 0 Å². The third-order valence-corrected chi connectivity index (χ3v) is 6.75. The molecule has 0 saturated heterocycles. The fourth-order valence-corrected chi connectivity index (χ4v) is 4.97. The molecule has 0 N–H and O–H groups in total. The van der Waals surface area contributed by atoms with Crippen molar-refractivity contribution in [1.29, 1.82) is 0 Å². The van der Waals surface area contributed by atoms with Crippen molar-refractivity contribution in [3.05, 3.63) is 0 Å². The summed E-state index contributed by atoms with van der Waals surface area (Å²) in [6, 6.07) is 0. The standard InChI is InChI=1S/C22H49O2P3/c1-3-5-7-8-9-10-14-17-21(23-25)18-15-11-12-16-20-22(24-27-26)19-13-6-4-2/h21-22,27H,3-20,25-26H2,1-2H3. The number of unbranched alkanes of at least 4 members (excludes halogenated alkanes) is 11. The van der Waals surface area contributed by atoms with Crippen LogP contribution in [0.3, 0.4) is 0 Å². The monoisotopic (exact) mass is 438 g/mol. The summed E-state index contributed by atoms with van der Waals surface area (Å²) < 4.78 is 11.5. The fourth-order valence-electron chi connectivity index (χ4n) is 3.69. The van der Waals surface area contributed by atoms with Crippen LogP contribution in [-0.2, 0) is 9.05 Å². The van der Waals surface area contributed by atoms with Gasteiger partial charge in [-0.25, -0.2) is 0 Å². The molecule has 0 fully saturated rings. The summed E-state index contributed by atoms with van der Waals surface area (Å²) in [6.07, 6.45) is 24.9. The molecule has 0 radical (unpaired) electrons. The van der Waals surface area contributed by atoms with Gasteiger partial charge in [0.1, 0.15) is 0 Å². The largest absolute Gasteiger partial charge is 0.362 e. The van der Waals surface area contributed by atoms with Gasteiger partial charge in [0, 0.05) is 18.0 Å². The molecular weight excluding hydrogens is 389 g/mol. The van der Waals surface area contributed by atoms with E-state index in [1.165, 1.54) is 116 Å². The van der Waals surface area contributed by atoms with Gasteiger partial charge in [-0.1, -0.05) is 113 Å². The van der Waals surface area contributed by atoms with Crippen molar-refractivity contribution in [1.82, 2.24) is 0 Å². The van der Waals surface area contributed by atoms with Crippen molar-refractivity contribution in [2.75, 3.05) is 0 Å². The fraction of sp³-hybridized carbons (Fsp3) is 1.00. The van der Waals surface area contributed by atoms with E-state index in [0.717, 1.165) is 0 Å². The van der Waals surface area contributed by atoms with Crippen LogP contribution in [0.5, 0.6) is 0 Å². The van der Waals surface area contributed by atoms with Crippen LogP contribution in [0.2, 0.25) is 0 Å². The molecule has 0 aliphatic heterocycles. The molecule has 0 aromatic heterocycles. The topological polar surface area (TPSA) is 18.5 Å². The van der Waals surface area contributed by atoms with Gasteiger partial charge in [0.2, 0.25) is 0 Å². The van der Waals surface area contributed by atoms with Gasteiger partial charge in [0.05, 0.1) is 12.2 Å². The van der Waals surface area contributed by atoms with Gasteiger partial charge in [-0.3, -0.25) is 0 Å². The molecule has 164 valence electrons. The van der Waals surface area contributed by atoms with E-state index in [4.69, 9.17) is 9.05 Å². The van der Waals surface area contributed by atoms with E-state index < -0.39 is 0 Å². The van der Waals surface area contributed by atoms with Crippen LogP contribution >= 0.6 is 26.9 Å². The Morgan fingerprint density at radius 3 is 1.41 bits per heavy atom. The SMILES string of the molecule is CCCCCCCCCC(CCCCCCC(CCCCC)OPP)OP. The Labute approximate surface area is 177 Å². The predicted octanol–water partition coefficient (Wildman–Crippen LogP) is 8.99. The van der Waals surface area contributed by atoms with E-state index in [9.17, 15) is 0 Å². The van der Waals surface area contributed by atoms with Crippen molar-refractivity contribution in [2.24, 2.45) is 0 Å². The normalized spacial score (nSPS) is 14.2. The van der Waals surface area contributed by atoms with Crippen LogP contribution in [0.4, 0.5) is 0 Å². The summed E-state index contributed by atoms with van der Waals surface area (Å²) in [5, 5.41) is 0. The van der Waals surface area contributed by atoms with Crippen molar-refractivity contribution in [3.63, 3.8) is 0 Å². The lowest BCUT2D eigenvalue weighted by Gasteiger charge is -2.17. The molecule has 0 bridgehead atoms. The smallest absolute Gasteiger partial charge is 0.0618 e. The first-order valence-corrected chi connectivity index (χ1v) is 14.9. The highest BCUT2D eigenvalue weighted by Crippen LogP contribution is 2.28. The van der Waals surface area contributed by atoms with Gasteiger partial charge in [0.25, 0.3) is 0 Å². The van der Waals surface area contributed by atoms with Crippen molar-refractivity contribution < 1.29 is 9.05 Å². The van der Waals surface area contributed by atoms with Gasteiger partial charge in [-0.15, -0.1) is 0 Å². The van der Waals surface area contributed by atoms with E-state index in [-0.39, 0.29) is 0 Å². The van der Waals surface area contributed by atoms with E-state index in [2.05, 4.69) is 32.2 Å². The highest BCUT2D eigenvalue weighted by molar-refractivity contribution is 8.00. The minimum Gasteiger partial charge on any atom is -0.362 e. The van der Waals surface area contributed by atoms with Crippen molar-refractivity contribution in [3.8, 4) is 0 Å². The first kappa shape index (κ1) is 28.2. The molecule has 5 atom stereocenters. The lowest BCUT2D eigenvalue weighted by atomic mass is 10.0. The first-order valence-electron chi connectivity index (χ1n) is 11.7. The zero-order valence-corrected chi connectivity index (χ0v) is 21.7. The molecule has 0 aliphatic carbocycles. The Morgan fingerprint density at radius 1 is 0.593 bits per heavy atom. The Hall–Kier alpha value is 1.21. The zero-order chi connectivity index (χ0) is 20.0. The first-order chi connectivity index (χ1) is 13.3. The zero-order valence-electron chi connectivity index (χ0n) is 18.4. The van der Waals surface area contributed by atoms with Crippen molar-refractivity contribution >= 4 is 26.9 Å². The second kappa shape index (κ2) is 23.5. The average molecular weight is 439 g/mol. The molecule has 0 heterocycles. The Bertz CT molecular complexity index is 280. The van der Waals surface area contributed by atoms with Crippen LogP contribution in [0.1, 0.15) is 129 Å². The summed E-state index contributed by atoms with van der Waals surface area (Å²) in [6.45, 7) is 4.55. The van der Waals surface area contributed by atoms with Crippen LogP contribution in [0.15, 0.2) is 0 Å². The molecule has 2 nitrogen and oxygen atoms in total. The summed E-state index contributed by atoms with van der Waals surface area (Å²) in [4.78, 5) is 0. The van der Waals surface area contributed by atoms with Gasteiger partial charge in [-0.2, -0.15) is 0 Å². The van der Waals surface area contributed by atoms with Crippen LogP contribution in [-0.4, -0.2) is 12.2 Å². The number of hydrogen-bond acceptors (Lipinski definition) is 2. The molecule has 0 rings (SSSR count). The highest BCUT2D eigenvalue weighted by Gasteiger charge is 2.09. The maximum atomic E-state index is 5.90. The van der Waals surface area contributed by atoms with Gasteiger partial charge >= 0.3 is 0 Å². The Kier molecular flexibility index (Phi) is 24.5. The van der Waals surface area contributed by atoms with Crippen LogP contribution in [0.25, 0.3) is 0 Å². The third-order valence-electron chi connectivity index (χ3n) is 5.49. The summed E-state index contributed by atoms with van der Waals surface area (Å²) in [5.74, 6) is 0. The Balaban J connectivity index is 3.57. The molecule has 0 aliphatic rings. The van der Waals surface area contributed by atoms with Gasteiger partial charge in [-0.05, 0) is 25.7 Å². The maximum Gasteiger partial charge on any atom is 0.0618 e. The molecule has 0 spiro atoms. The highest BCUT2D eigenvalue weighted by atomic mass is 32.0. The van der Waals surface area contributed by atoms with Gasteiger partial charge < -0.3 is 9.05 Å².